The molecule has 0 aliphatic rings. The SMILES string of the molecule is CN(CCOc1cccc(B(O)O)c1)Cc1cnn(C)c1. The predicted molar refractivity (Wildman–Crippen MR) is 81.3 cm³/mol. The standard InChI is InChI=1S/C14H20BN3O3/c1-17(10-12-9-16-18(2)11-12)6-7-21-14-5-3-4-13(8-14)15(19)20/h3-5,8-9,11,19-20H,6-7,10H2,1-2H3. The van der Waals surface area contributed by atoms with Crippen molar-refractivity contribution in [3.8, 4) is 5.75 Å². The van der Waals surface area contributed by atoms with E-state index in [-0.39, 0.29) is 0 Å². The van der Waals surface area contributed by atoms with Gasteiger partial charge in [0.25, 0.3) is 0 Å². The average molecular weight is 289 g/mol. The second kappa shape index (κ2) is 7.26. The summed E-state index contributed by atoms with van der Waals surface area (Å²) in [7, 11) is 2.45. The largest absolute Gasteiger partial charge is 0.492 e. The van der Waals surface area contributed by atoms with Crippen LogP contribution in [-0.2, 0) is 13.6 Å². The van der Waals surface area contributed by atoms with E-state index in [4.69, 9.17) is 14.8 Å². The molecule has 1 aromatic carbocycles. The second-order valence-corrected chi connectivity index (χ2v) is 5.05. The first-order chi connectivity index (χ1) is 10.0. The Balaban J connectivity index is 1.77. The third-order valence-corrected chi connectivity index (χ3v) is 3.11. The highest BCUT2D eigenvalue weighted by molar-refractivity contribution is 6.58. The van der Waals surface area contributed by atoms with Crippen molar-refractivity contribution in [2.24, 2.45) is 7.05 Å². The van der Waals surface area contributed by atoms with Crippen molar-refractivity contribution in [1.82, 2.24) is 14.7 Å². The Morgan fingerprint density at radius 3 is 2.86 bits per heavy atom. The van der Waals surface area contributed by atoms with E-state index in [2.05, 4.69) is 10.00 Å². The zero-order valence-electron chi connectivity index (χ0n) is 12.3. The number of likely N-dealkylation sites (N-methyl/N-ethyl adjacent to an activating group) is 1. The van der Waals surface area contributed by atoms with Crippen LogP contribution in [0.5, 0.6) is 5.75 Å². The lowest BCUT2D eigenvalue weighted by Crippen LogP contribution is -2.29. The molecule has 0 spiro atoms. The molecule has 0 radical (unpaired) electrons. The minimum Gasteiger partial charge on any atom is -0.492 e. The molecule has 0 amide bonds. The van der Waals surface area contributed by atoms with Gasteiger partial charge in [-0.1, -0.05) is 12.1 Å². The molecule has 0 unspecified atom stereocenters. The van der Waals surface area contributed by atoms with Crippen molar-refractivity contribution in [2.45, 2.75) is 6.54 Å². The molecule has 2 N–H and O–H groups in total. The normalized spacial score (nSPS) is 10.9. The van der Waals surface area contributed by atoms with Crippen LogP contribution in [0.25, 0.3) is 0 Å². The fourth-order valence-corrected chi connectivity index (χ4v) is 2.03. The van der Waals surface area contributed by atoms with Gasteiger partial charge in [-0.25, -0.2) is 0 Å². The summed E-state index contributed by atoms with van der Waals surface area (Å²) in [5, 5.41) is 22.4. The van der Waals surface area contributed by atoms with Gasteiger partial charge >= 0.3 is 7.12 Å². The zero-order valence-corrected chi connectivity index (χ0v) is 12.3. The number of hydrogen-bond acceptors (Lipinski definition) is 5. The van der Waals surface area contributed by atoms with Crippen LogP contribution < -0.4 is 10.2 Å². The fraction of sp³-hybridized carbons (Fsp3) is 0.357. The van der Waals surface area contributed by atoms with Gasteiger partial charge in [0.2, 0.25) is 0 Å². The van der Waals surface area contributed by atoms with Crippen molar-refractivity contribution in [3.05, 3.63) is 42.2 Å². The first-order valence-corrected chi connectivity index (χ1v) is 6.79. The van der Waals surface area contributed by atoms with Crippen LogP contribution in [-0.4, -0.2) is 52.0 Å². The van der Waals surface area contributed by atoms with Crippen molar-refractivity contribution in [3.63, 3.8) is 0 Å². The first kappa shape index (κ1) is 15.6. The summed E-state index contributed by atoms with van der Waals surface area (Å²) in [5.74, 6) is 0.635. The van der Waals surface area contributed by atoms with Gasteiger partial charge in [0.15, 0.2) is 0 Å². The molecule has 7 heteroatoms. The smallest absolute Gasteiger partial charge is 0.488 e. The number of ether oxygens (including phenoxy) is 1. The lowest BCUT2D eigenvalue weighted by atomic mass is 9.80. The summed E-state index contributed by atoms with van der Waals surface area (Å²) >= 11 is 0. The maximum Gasteiger partial charge on any atom is 0.488 e. The summed E-state index contributed by atoms with van der Waals surface area (Å²) in [5.41, 5.74) is 1.58. The van der Waals surface area contributed by atoms with Crippen molar-refractivity contribution >= 4 is 12.6 Å². The molecule has 112 valence electrons. The van der Waals surface area contributed by atoms with Crippen molar-refractivity contribution in [2.75, 3.05) is 20.2 Å². The Morgan fingerprint density at radius 1 is 1.38 bits per heavy atom. The van der Waals surface area contributed by atoms with E-state index in [0.717, 1.165) is 18.7 Å². The minimum absolute atomic E-state index is 0.427. The predicted octanol–water partition coefficient (Wildman–Crippen LogP) is -0.389. The Hall–Kier alpha value is -1.83. The monoisotopic (exact) mass is 289 g/mol. The molecule has 0 fully saturated rings. The summed E-state index contributed by atoms with van der Waals surface area (Å²) < 4.78 is 7.41. The van der Waals surface area contributed by atoms with Gasteiger partial charge in [0.1, 0.15) is 12.4 Å². The maximum absolute atomic E-state index is 9.11. The van der Waals surface area contributed by atoms with E-state index >= 15 is 0 Å². The molecule has 0 aliphatic heterocycles. The van der Waals surface area contributed by atoms with Crippen LogP contribution in [0.3, 0.4) is 0 Å². The third kappa shape index (κ3) is 4.89. The molecule has 1 aromatic heterocycles. The Labute approximate surface area is 124 Å². The molecule has 1 heterocycles. The molecule has 2 rings (SSSR count). The highest BCUT2D eigenvalue weighted by Crippen LogP contribution is 2.08. The molecule has 6 nitrogen and oxygen atoms in total. The second-order valence-electron chi connectivity index (χ2n) is 5.05. The average Bonchev–Trinajstić information content (AvgIpc) is 2.84. The van der Waals surface area contributed by atoms with Crippen LogP contribution in [0.15, 0.2) is 36.7 Å². The summed E-state index contributed by atoms with van der Waals surface area (Å²) in [6, 6.07) is 6.81. The third-order valence-electron chi connectivity index (χ3n) is 3.11. The quantitative estimate of drug-likeness (QED) is 0.679. The Kier molecular flexibility index (Phi) is 5.38. The molecule has 21 heavy (non-hydrogen) atoms. The molecule has 0 bridgehead atoms. The fourth-order valence-electron chi connectivity index (χ4n) is 2.03. The van der Waals surface area contributed by atoms with Crippen LogP contribution >= 0.6 is 0 Å². The molecule has 0 saturated carbocycles. The topological polar surface area (TPSA) is 70.8 Å². The van der Waals surface area contributed by atoms with Crippen LogP contribution in [0.4, 0.5) is 0 Å². The molecular weight excluding hydrogens is 269 g/mol. The number of benzene rings is 1. The Bertz CT molecular complexity index is 574. The van der Waals surface area contributed by atoms with Crippen molar-refractivity contribution < 1.29 is 14.8 Å². The molecule has 0 atom stereocenters. The highest BCUT2D eigenvalue weighted by Gasteiger charge is 2.11. The van der Waals surface area contributed by atoms with Gasteiger partial charge in [0, 0.05) is 31.9 Å². The van der Waals surface area contributed by atoms with Crippen LogP contribution in [0.1, 0.15) is 5.56 Å². The van der Waals surface area contributed by atoms with E-state index in [0.29, 0.717) is 17.8 Å². The first-order valence-electron chi connectivity index (χ1n) is 6.79. The minimum atomic E-state index is -1.47. The lowest BCUT2D eigenvalue weighted by molar-refractivity contribution is 0.233. The molecular formula is C14H20BN3O3. The van der Waals surface area contributed by atoms with E-state index < -0.39 is 7.12 Å². The highest BCUT2D eigenvalue weighted by atomic mass is 16.5. The summed E-state index contributed by atoms with van der Waals surface area (Å²) in [6.07, 6.45) is 3.84. The lowest BCUT2D eigenvalue weighted by Gasteiger charge is -2.16. The number of hydrogen-bond donors (Lipinski definition) is 2. The van der Waals surface area contributed by atoms with Gasteiger partial charge in [0.05, 0.1) is 6.20 Å². The van der Waals surface area contributed by atoms with Gasteiger partial charge in [-0.2, -0.15) is 5.10 Å². The summed E-state index contributed by atoms with van der Waals surface area (Å²) in [4.78, 5) is 2.14. The maximum atomic E-state index is 9.11. The summed E-state index contributed by atoms with van der Waals surface area (Å²) in [6.45, 7) is 2.11. The molecule has 0 saturated heterocycles. The molecule has 2 aromatic rings. The van der Waals surface area contributed by atoms with E-state index in [1.54, 1.807) is 28.9 Å². The van der Waals surface area contributed by atoms with Crippen molar-refractivity contribution in [1.29, 1.82) is 0 Å². The van der Waals surface area contributed by atoms with Crippen LogP contribution in [0, 0.1) is 0 Å². The van der Waals surface area contributed by atoms with E-state index in [9.17, 15) is 0 Å². The van der Waals surface area contributed by atoms with Crippen LogP contribution in [0.2, 0.25) is 0 Å². The Morgan fingerprint density at radius 2 is 2.19 bits per heavy atom. The van der Waals surface area contributed by atoms with Gasteiger partial charge in [-0.05, 0) is 24.6 Å². The zero-order chi connectivity index (χ0) is 15.2. The number of rotatable bonds is 7. The number of nitrogens with zero attached hydrogens (tertiary/aromatic N) is 3. The van der Waals surface area contributed by atoms with E-state index in [1.165, 1.54) is 0 Å². The molecule has 0 aliphatic carbocycles. The van der Waals surface area contributed by atoms with Gasteiger partial charge in [-0.15, -0.1) is 0 Å². The van der Waals surface area contributed by atoms with E-state index in [1.807, 2.05) is 26.5 Å². The van der Waals surface area contributed by atoms with Gasteiger partial charge in [-0.3, -0.25) is 9.58 Å². The number of aryl methyl sites for hydroxylation is 1. The van der Waals surface area contributed by atoms with Gasteiger partial charge < -0.3 is 14.8 Å². The number of aromatic nitrogens is 2.